The van der Waals surface area contributed by atoms with Crippen LogP contribution in [0.15, 0.2) is 0 Å². The lowest BCUT2D eigenvalue weighted by Gasteiger charge is -2.35. The molecule has 0 spiro atoms. The fourth-order valence-electron chi connectivity index (χ4n) is 3.32. The first-order chi connectivity index (χ1) is 8.19. The number of amides is 1. The monoisotopic (exact) mass is 234 g/mol. The van der Waals surface area contributed by atoms with E-state index in [4.69, 9.17) is 0 Å². The van der Waals surface area contributed by atoms with Gasteiger partial charge in [0.15, 0.2) is 0 Å². The summed E-state index contributed by atoms with van der Waals surface area (Å²) >= 11 is 0. The Balaban J connectivity index is 2.05. The lowest BCUT2D eigenvalue weighted by Crippen LogP contribution is -2.45. The standard InChI is InChI=1S/C14H22N2O/c1-16(12-7-3-2-4-8-12)13(17)14(11-15)9-5-6-10-14/h12H,2-10H2,1H3. The second kappa shape index (κ2) is 5.08. The average molecular weight is 234 g/mol. The van der Waals surface area contributed by atoms with Gasteiger partial charge in [-0.25, -0.2) is 0 Å². The van der Waals surface area contributed by atoms with Crippen molar-refractivity contribution in [3.63, 3.8) is 0 Å². The summed E-state index contributed by atoms with van der Waals surface area (Å²) in [6, 6.07) is 2.68. The number of carbonyl (C=O) groups is 1. The smallest absolute Gasteiger partial charge is 0.243 e. The van der Waals surface area contributed by atoms with Crippen LogP contribution in [-0.4, -0.2) is 23.9 Å². The molecule has 17 heavy (non-hydrogen) atoms. The van der Waals surface area contributed by atoms with Crippen molar-refractivity contribution in [3.8, 4) is 6.07 Å². The second-order valence-corrected chi connectivity index (χ2v) is 5.61. The third-order valence-electron chi connectivity index (χ3n) is 4.52. The van der Waals surface area contributed by atoms with Crippen molar-refractivity contribution in [1.82, 2.24) is 4.90 Å². The fourth-order valence-corrected chi connectivity index (χ4v) is 3.32. The molecule has 0 aliphatic heterocycles. The minimum atomic E-state index is -0.688. The van der Waals surface area contributed by atoms with Crippen molar-refractivity contribution >= 4 is 5.91 Å². The van der Waals surface area contributed by atoms with Gasteiger partial charge in [0.05, 0.1) is 6.07 Å². The summed E-state index contributed by atoms with van der Waals surface area (Å²) in [4.78, 5) is 14.4. The zero-order valence-corrected chi connectivity index (χ0v) is 10.7. The van der Waals surface area contributed by atoms with Crippen LogP contribution in [0.1, 0.15) is 57.8 Å². The van der Waals surface area contributed by atoms with Crippen LogP contribution in [0.4, 0.5) is 0 Å². The van der Waals surface area contributed by atoms with Crippen molar-refractivity contribution in [2.45, 2.75) is 63.8 Å². The topological polar surface area (TPSA) is 44.1 Å². The number of nitriles is 1. The van der Waals surface area contributed by atoms with E-state index in [-0.39, 0.29) is 5.91 Å². The molecule has 2 saturated carbocycles. The quantitative estimate of drug-likeness (QED) is 0.737. The first kappa shape index (κ1) is 12.4. The van der Waals surface area contributed by atoms with Crippen LogP contribution in [-0.2, 0) is 4.79 Å². The summed E-state index contributed by atoms with van der Waals surface area (Å²) in [5, 5.41) is 9.34. The van der Waals surface area contributed by atoms with Crippen LogP contribution in [0.5, 0.6) is 0 Å². The van der Waals surface area contributed by atoms with E-state index in [2.05, 4.69) is 6.07 Å². The Labute approximate surface area is 104 Å². The van der Waals surface area contributed by atoms with Crippen molar-refractivity contribution < 1.29 is 4.79 Å². The molecule has 0 radical (unpaired) electrons. The van der Waals surface area contributed by atoms with Gasteiger partial charge in [-0.3, -0.25) is 4.79 Å². The van der Waals surface area contributed by atoms with E-state index < -0.39 is 5.41 Å². The molecule has 0 atom stereocenters. The number of nitrogens with zero attached hydrogens (tertiary/aromatic N) is 2. The zero-order valence-electron chi connectivity index (χ0n) is 10.7. The third-order valence-corrected chi connectivity index (χ3v) is 4.52. The highest BCUT2D eigenvalue weighted by atomic mass is 16.2. The van der Waals surface area contributed by atoms with Gasteiger partial charge < -0.3 is 4.90 Å². The van der Waals surface area contributed by atoms with E-state index in [0.717, 1.165) is 38.5 Å². The largest absolute Gasteiger partial charge is 0.341 e. The maximum atomic E-state index is 12.5. The van der Waals surface area contributed by atoms with Gasteiger partial charge in [-0.15, -0.1) is 0 Å². The highest BCUT2D eigenvalue weighted by Gasteiger charge is 2.44. The summed E-state index contributed by atoms with van der Waals surface area (Å²) in [6.45, 7) is 0. The Bertz CT molecular complexity index is 320. The Morgan fingerprint density at radius 1 is 1.18 bits per heavy atom. The van der Waals surface area contributed by atoms with Gasteiger partial charge in [-0.1, -0.05) is 32.1 Å². The molecule has 0 aromatic heterocycles. The number of hydrogen-bond acceptors (Lipinski definition) is 2. The van der Waals surface area contributed by atoms with Crippen molar-refractivity contribution in [2.75, 3.05) is 7.05 Å². The Hall–Kier alpha value is -1.04. The van der Waals surface area contributed by atoms with Gasteiger partial charge in [-0.2, -0.15) is 5.26 Å². The fraction of sp³-hybridized carbons (Fsp3) is 0.857. The van der Waals surface area contributed by atoms with Crippen molar-refractivity contribution in [1.29, 1.82) is 5.26 Å². The van der Waals surface area contributed by atoms with Gasteiger partial charge in [0.2, 0.25) is 5.91 Å². The molecule has 2 rings (SSSR count). The highest BCUT2D eigenvalue weighted by molar-refractivity contribution is 5.85. The van der Waals surface area contributed by atoms with Gasteiger partial charge in [0, 0.05) is 13.1 Å². The number of hydrogen-bond donors (Lipinski definition) is 0. The van der Waals surface area contributed by atoms with Gasteiger partial charge in [-0.05, 0) is 25.7 Å². The minimum Gasteiger partial charge on any atom is -0.341 e. The van der Waals surface area contributed by atoms with Gasteiger partial charge >= 0.3 is 0 Å². The van der Waals surface area contributed by atoms with Gasteiger partial charge in [0.25, 0.3) is 0 Å². The number of rotatable bonds is 2. The van der Waals surface area contributed by atoms with E-state index in [1.807, 2.05) is 11.9 Å². The first-order valence-corrected chi connectivity index (χ1v) is 6.88. The van der Waals surface area contributed by atoms with Crippen molar-refractivity contribution in [2.24, 2.45) is 5.41 Å². The average Bonchev–Trinajstić information content (AvgIpc) is 2.88. The SMILES string of the molecule is CN(C(=O)C1(C#N)CCCC1)C1CCCCC1. The van der Waals surface area contributed by atoms with Crippen molar-refractivity contribution in [3.05, 3.63) is 0 Å². The van der Waals surface area contributed by atoms with E-state index in [1.165, 1.54) is 19.3 Å². The molecule has 3 heteroatoms. The summed E-state index contributed by atoms with van der Waals surface area (Å²) in [5.41, 5.74) is -0.688. The van der Waals surface area contributed by atoms with E-state index >= 15 is 0 Å². The molecular formula is C14H22N2O. The molecule has 0 heterocycles. The van der Waals surface area contributed by atoms with Crippen LogP contribution in [0.2, 0.25) is 0 Å². The van der Waals surface area contributed by atoms with E-state index in [0.29, 0.717) is 6.04 Å². The molecule has 0 bridgehead atoms. The highest BCUT2D eigenvalue weighted by Crippen LogP contribution is 2.40. The first-order valence-electron chi connectivity index (χ1n) is 6.88. The van der Waals surface area contributed by atoms with Crippen LogP contribution >= 0.6 is 0 Å². The zero-order chi connectivity index (χ0) is 12.3. The molecule has 0 aromatic carbocycles. The summed E-state index contributed by atoms with van der Waals surface area (Å²) in [6.07, 6.45) is 9.55. The predicted octanol–water partition coefficient (Wildman–Crippen LogP) is 2.86. The van der Waals surface area contributed by atoms with Crippen LogP contribution < -0.4 is 0 Å². The molecule has 0 N–H and O–H groups in total. The maximum Gasteiger partial charge on any atom is 0.243 e. The minimum absolute atomic E-state index is 0.0874. The second-order valence-electron chi connectivity index (χ2n) is 5.61. The molecular weight excluding hydrogens is 212 g/mol. The third kappa shape index (κ3) is 2.31. The Kier molecular flexibility index (Phi) is 3.71. The maximum absolute atomic E-state index is 12.5. The number of carbonyl (C=O) groups excluding carboxylic acids is 1. The normalized spacial score (nSPS) is 24.2. The molecule has 0 saturated heterocycles. The Morgan fingerprint density at radius 3 is 2.29 bits per heavy atom. The molecule has 2 aliphatic carbocycles. The summed E-state index contributed by atoms with van der Waals surface area (Å²) in [5.74, 6) is 0.0874. The van der Waals surface area contributed by atoms with E-state index in [9.17, 15) is 10.1 Å². The van der Waals surface area contributed by atoms with Crippen LogP contribution in [0.3, 0.4) is 0 Å². The summed E-state index contributed by atoms with van der Waals surface area (Å²) < 4.78 is 0. The molecule has 3 nitrogen and oxygen atoms in total. The Morgan fingerprint density at radius 2 is 1.76 bits per heavy atom. The molecule has 0 aromatic rings. The van der Waals surface area contributed by atoms with E-state index in [1.54, 1.807) is 0 Å². The molecule has 1 amide bonds. The van der Waals surface area contributed by atoms with Crippen LogP contribution in [0.25, 0.3) is 0 Å². The summed E-state index contributed by atoms with van der Waals surface area (Å²) in [7, 11) is 1.90. The molecule has 0 unspecified atom stereocenters. The van der Waals surface area contributed by atoms with Gasteiger partial charge in [0.1, 0.15) is 5.41 Å². The molecule has 2 fully saturated rings. The predicted molar refractivity (Wildman–Crippen MR) is 66.2 cm³/mol. The van der Waals surface area contributed by atoms with Crippen LogP contribution in [0, 0.1) is 16.7 Å². The molecule has 94 valence electrons. The lowest BCUT2D eigenvalue weighted by molar-refractivity contribution is -0.140. The molecule has 2 aliphatic rings. The lowest BCUT2D eigenvalue weighted by atomic mass is 9.85.